The number of amides is 1. The van der Waals surface area contributed by atoms with Crippen LogP contribution in [0, 0.1) is 6.92 Å². The zero-order valence-corrected chi connectivity index (χ0v) is 10.7. The first kappa shape index (κ1) is 14.1. The molecule has 1 aromatic rings. The van der Waals surface area contributed by atoms with Crippen LogP contribution in [0.2, 0.25) is 0 Å². The third-order valence-corrected chi connectivity index (χ3v) is 2.68. The fraction of sp³-hybridized carbons (Fsp3) is 0.364. The number of rotatable bonds is 4. The lowest BCUT2D eigenvalue weighted by Gasteiger charge is -2.14. The Hall–Kier alpha value is -1.01. The van der Waals surface area contributed by atoms with Crippen LogP contribution in [0.15, 0.2) is 22.7 Å². The molecule has 0 aliphatic rings. The maximum atomic E-state index is 12.7. The number of halogens is 3. The molecule has 0 radical (unpaired) electrons. The summed E-state index contributed by atoms with van der Waals surface area (Å²) in [6, 6.07) is 5.03. The van der Waals surface area contributed by atoms with Crippen LogP contribution in [-0.4, -0.2) is 30.1 Å². The Balaban J connectivity index is 2.74. The maximum absolute atomic E-state index is 12.7. The summed E-state index contributed by atoms with van der Waals surface area (Å²) in [5.41, 5.74) is 1.02. The first-order valence-electron chi connectivity index (χ1n) is 4.89. The van der Waals surface area contributed by atoms with E-state index in [1.165, 1.54) is 0 Å². The highest BCUT2D eigenvalue weighted by atomic mass is 79.9. The monoisotopic (exact) mass is 307 g/mol. The molecule has 0 saturated heterocycles. The summed E-state index contributed by atoms with van der Waals surface area (Å²) in [7, 11) is 0. The van der Waals surface area contributed by atoms with Gasteiger partial charge in [0.25, 0.3) is 11.8 Å². The van der Waals surface area contributed by atoms with Crippen molar-refractivity contribution in [3.8, 4) is 0 Å². The van der Waals surface area contributed by atoms with E-state index in [9.17, 15) is 13.6 Å². The Morgan fingerprint density at radius 1 is 1.53 bits per heavy atom. The maximum Gasteiger partial charge on any atom is 0.287 e. The minimum absolute atomic E-state index is 0.327. The second kappa shape index (κ2) is 5.55. The molecule has 6 heteroatoms. The van der Waals surface area contributed by atoms with Gasteiger partial charge in [-0.25, -0.2) is 8.78 Å². The number of alkyl halides is 2. The highest BCUT2D eigenvalue weighted by Gasteiger charge is 2.28. The first-order valence-corrected chi connectivity index (χ1v) is 5.68. The van der Waals surface area contributed by atoms with E-state index >= 15 is 0 Å². The predicted octanol–water partition coefficient (Wildman–Crippen LogP) is 2.11. The molecule has 0 spiro atoms. The highest BCUT2D eigenvalue weighted by Crippen LogP contribution is 2.16. The number of carbonyl (C=O) groups is 1. The fourth-order valence-corrected chi connectivity index (χ4v) is 1.56. The van der Waals surface area contributed by atoms with Gasteiger partial charge in [-0.15, -0.1) is 0 Å². The van der Waals surface area contributed by atoms with Crippen LogP contribution >= 0.6 is 15.9 Å². The van der Waals surface area contributed by atoms with Gasteiger partial charge in [-0.3, -0.25) is 4.79 Å². The number of aliphatic hydroxyl groups excluding tert-OH is 1. The van der Waals surface area contributed by atoms with Crippen molar-refractivity contribution < 1.29 is 18.7 Å². The molecule has 1 amide bonds. The largest absolute Gasteiger partial charge is 0.390 e. The first-order chi connectivity index (χ1) is 7.85. The van der Waals surface area contributed by atoms with E-state index in [2.05, 4.69) is 21.2 Å². The van der Waals surface area contributed by atoms with E-state index in [-0.39, 0.29) is 0 Å². The van der Waals surface area contributed by atoms with E-state index in [1.807, 2.05) is 0 Å². The molecule has 0 aliphatic heterocycles. The van der Waals surface area contributed by atoms with E-state index in [1.54, 1.807) is 25.1 Å². The molecule has 0 aromatic heterocycles. The molecule has 3 nitrogen and oxygen atoms in total. The van der Waals surface area contributed by atoms with Crippen molar-refractivity contribution in [2.24, 2.45) is 0 Å². The smallest absolute Gasteiger partial charge is 0.287 e. The van der Waals surface area contributed by atoms with E-state index in [0.29, 0.717) is 15.6 Å². The summed E-state index contributed by atoms with van der Waals surface area (Å²) in [4.78, 5) is 11.6. The molecule has 94 valence electrons. The lowest BCUT2D eigenvalue weighted by Crippen LogP contribution is -2.39. The second-order valence-electron chi connectivity index (χ2n) is 3.66. The fourth-order valence-electron chi connectivity index (χ4n) is 1.20. The van der Waals surface area contributed by atoms with Crippen LogP contribution in [0.4, 0.5) is 8.78 Å². The molecule has 0 atom stereocenters. The Bertz CT molecular complexity index is 424. The van der Waals surface area contributed by atoms with Gasteiger partial charge < -0.3 is 10.4 Å². The van der Waals surface area contributed by atoms with Gasteiger partial charge in [0.2, 0.25) is 0 Å². The zero-order valence-electron chi connectivity index (χ0n) is 9.14. The molecule has 1 rings (SSSR count). The van der Waals surface area contributed by atoms with Gasteiger partial charge in [-0.1, -0.05) is 22.0 Å². The SMILES string of the molecule is Cc1ccc(Br)cc1C(=O)NCC(F)(F)CO. The molecule has 1 aromatic carbocycles. The quantitative estimate of drug-likeness (QED) is 0.895. The van der Waals surface area contributed by atoms with Crippen LogP contribution in [-0.2, 0) is 0 Å². The summed E-state index contributed by atoms with van der Waals surface area (Å²) >= 11 is 3.20. The van der Waals surface area contributed by atoms with Crippen molar-refractivity contribution in [2.45, 2.75) is 12.8 Å². The summed E-state index contributed by atoms with van der Waals surface area (Å²) in [6.45, 7) is -0.454. The minimum Gasteiger partial charge on any atom is -0.390 e. The van der Waals surface area contributed by atoms with Gasteiger partial charge in [-0.05, 0) is 24.6 Å². The molecule has 0 saturated carbocycles. The number of nitrogens with one attached hydrogen (secondary N) is 1. The van der Waals surface area contributed by atoms with Crippen LogP contribution in [0.5, 0.6) is 0 Å². The van der Waals surface area contributed by atoms with Crippen LogP contribution < -0.4 is 5.32 Å². The Morgan fingerprint density at radius 3 is 2.76 bits per heavy atom. The molecular weight excluding hydrogens is 296 g/mol. The Morgan fingerprint density at radius 2 is 2.18 bits per heavy atom. The molecular formula is C11H12BrF2NO2. The summed E-state index contributed by atoms with van der Waals surface area (Å²) in [6.07, 6.45) is 0. The average Bonchev–Trinajstić information content (AvgIpc) is 2.29. The number of aliphatic hydroxyl groups is 1. The summed E-state index contributed by atoms with van der Waals surface area (Å²) < 4.78 is 26.2. The molecule has 17 heavy (non-hydrogen) atoms. The summed E-state index contributed by atoms with van der Waals surface area (Å²) in [5, 5.41) is 10.5. The number of hydrogen-bond acceptors (Lipinski definition) is 2. The highest BCUT2D eigenvalue weighted by molar-refractivity contribution is 9.10. The zero-order chi connectivity index (χ0) is 13.1. The number of hydrogen-bond donors (Lipinski definition) is 2. The van der Waals surface area contributed by atoms with Crippen molar-refractivity contribution >= 4 is 21.8 Å². The van der Waals surface area contributed by atoms with Crippen LogP contribution in [0.1, 0.15) is 15.9 Å². The molecule has 0 heterocycles. The van der Waals surface area contributed by atoms with E-state index in [0.717, 1.165) is 0 Å². The topological polar surface area (TPSA) is 49.3 Å². The molecule has 0 unspecified atom stereocenters. The van der Waals surface area contributed by atoms with Gasteiger partial charge in [-0.2, -0.15) is 0 Å². The predicted molar refractivity (Wildman–Crippen MR) is 63.2 cm³/mol. The van der Waals surface area contributed by atoms with Gasteiger partial charge >= 0.3 is 0 Å². The van der Waals surface area contributed by atoms with Crippen LogP contribution in [0.3, 0.4) is 0 Å². The van der Waals surface area contributed by atoms with Crippen molar-refractivity contribution in [3.05, 3.63) is 33.8 Å². The summed E-state index contributed by atoms with van der Waals surface area (Å²) in [5.74, 6) is -3.88. The number of aryl methyl sites for hydroxylation is 1. The molecule has 2 N–H and O–H groups in total. The lowest BCUT2D eigenvalue weighted by molar-refractivity contribution is -0.0462. The van der Waals surface area contributed by atoms with Crippen molar-refractivity contribution in [1.29, 1.82) is 0 Å². The van der Waals surface area contributed by atoms with E-state index in [4.69, 9.17) is 5.11 Å². The second-order valence-corrected chi connectivity index (χ2v) is 4.57. The van der Waals surface area contributed by atoms with Gasteiger partial charge in [0.15, 0.2) is 0 Å². The lowest BCUT2D eigenvalue weighted by atomic mass is 10.1. The van der Waals surface area contributed by atoms with Crippen molar-refractivity contribution in [1.82, 2.24) is 5.32 Å². The molecule has 0 fully saturated rings. The molecule has 0 aliphatic carbocycles. The Labute approximate surface area is 106 Å². The standard InChI is InChI=1S/C11H12BrF2NO2/c1-7-2-3-8(12)4-9(7)10(17)15-5-11(13,14)6-16/h2-4,16H,5-6H2,1H3,(H,15,17). The van der Waals surface area contributed by atoms with Gasteiger partial charge in [0.1, 0.15) is 6.61 Å². The minimum atomic E-state index is -3.30. The molecule has 0 bridgehead atoms. The average molecular weight is 308 g/mol. The number of carbonyl (C=O) groups excluding carboxylic acids is 1. The third kappa shape index (κ3) is 4.05. The third-order valence-electron chi connectivity index (χ3n) is 2.18. The van der Waals surface area contributed by atoms with Crippen LogP contribution in [0.25, 0.3) is 0 Å². The van der Waals surface area contributed by atoms with E-state index < -0.39 is 25.0 Å². The van der Waals surface area contributed by atoms with Gasteiger partial charge in [0, 0.05) is 10.0 Å². The Kier molecular flexibility index (Phi) is 4.59. The van der Waals surface area contributed by atoms with Crippen molar-refractivity contribution in [3.63, 3.8) is 0 Å². The van der Waals surface area contributed by atoms with Crippen molar-refractivity contribution in [2.75, 3.05) is 13.2 Å². The number of benzene rings is 1. The normalized spacial score (nSPS) is 11.4. The van der Waals surface area contributed by atoms with Gasteiger partial charge in [0.05, 0.1) is 6.54 Å².